The summed E-state index contributed by atoms with van der Waals surface area (Å²) in [6.45, 7) is 2.05. The Balaban J connectivity index is 2.33. The fourth-order valence-electron chi connectivity index (χ4n) is 1.68. The van der Waals surface area contributed by atoms with Crippen molar-refractivity contribution >= 4 is 5.69 Å². The van der Waals surface area contributed by atoms with Crippen molar-refractivity contribution in [3.8, 4) is 23.0 Å². The van der Waals surface area contributed by atoms with Crippen molar-refractivity contribution in [2.45, 2.75) is 13.3 Å². The molecule has 0 aliphatic rings. The van der Waals surface area contributed by atoms with E-state index in [-0.39, 0.29) is 0 Å². The molecule has 0 unspecified atom stereocenters. The molecule has 0 atom stereocenters. The molecule has 0 radical (unpaired) electrons. The molecular weight excluding hydrogens is 206 g/mol. The average Bonchev–Trinajstić information content (AvgIpc) is 2.38. The van der Waals surface area contributed by atoms with Crippen LogP contribution in [0.1, 0.15) is 18.9 Å². The van der Waals surface area contributed by atoms with E-state index < -0.39 is 0 Å². The Labute approximate surface area is 102 Å². The van der Waals surface area contributed by atoms with Crippen LogP contribution in [0.15, 0.2) is 48.5 Å². The smallest absolute Gasteiger partial charge is 0.0393 e. The van der Waals surface area contributed by atoms with E-state index in [4.69, 9.17) is 5.73 Å². The average molecular weight is 221 g/mol. The van der Waals surface area contributed by atoms with E-state index in [0.717, 1.165) is 28.8 Å². The molecule has 0 saturated carbocycles. The lowest BCUT2D eigenvalue weighted by Gasteiger charge is -2.05. The third-order valence-corrected chi connectivity index (χ3v) is 2.57. The molecule has 0 aliphatic heterocycles. The highest BCUT2D eigenvalue weighted by Crippen LogP contribution is 2.25. The van der Waals surface area contributed by atoms with Crippen LogP contribution in [0.3, 0.4) is 0 Å². The molecule has 1 nitrogen and oxygen atoms in total. The molecule has 1 heteroatoms. The predicted molar refractivity (Wildman–Crippen MR) is 73.5 cm³/mol. The highest BCUT2D eigenvalue weighted by Gasteiger charge is 2.00. The van der Waals surface area contributed by atoms with E-state index in [1.165, 1.54) is 0 Å². The van der Waals surface area contributed by atoms with Crippen LogP contribution in [-0.4, -0.2) is 0 Å². The zero-order valence-corrected chi connectivity index (χ0v) is 9.90. The van der Waals surface area contributed by atoms with Gasteiger partial charge < -0.3 is 5.73 Å². The van der Waals surface area contributed by atoms with Gasteiger partial charge in [-0.05, 0) is 23.8 Å². The topological polar surface area (TPSA) is 26.0 Å². The second-order valence-electron chi connectivity index (χ2n) is 3.82. The number of hydrogen-bond acceptors (Lipinski definition) is 1. The van der Waals surface area contributed by atoms with Crippen LogP contribution < -0.4 is 5.73 Å². The number of rotatable bonds is 1. The van der Waals surface area contributed by atoms with Crippen LogP contribution in [-0.2, 0) is 0 Å². The van der Waals surface area contributed by atoms with Crippen LogP contribution >= 0.6 is 0 Å². The largest absolute Gasteiger partial charge is 0.398 e. The van der Waals surface area contributed by atoms with Gasteiger partial charge in [-0.25, -0.2) is 0 Å². The minimum Gasteiger partial charge on any atom is -0.398 e. The molecule has 0 fully saturated rings. The minimum absolute atomic E-state index is 0.805. The molecule has 2 aromatic carbocycles. The molecule has 0 amide bonds. The van der Waals surface area contributed by atoms with Gasteiger partial charge in [-0.15, -0.1) is 0 Å². The van der Waals surface area contributed by atoms with Crippen molar-refractivity contribution in [2.75, 3.05) is 5.73 Å². The Morgan fingerprint density at radius 1 is 1.00 bits per heavy atom. The van der Waals surface area contributed by atoms with E-state index in [9.17, 15) is 0 Å². The third-order valence-electron chi connectivity index (χ3n) is 2.57. The number of nitrogen functional groups attached to an aromatic ring is 1. The summed E-state index contributed by atoms with van der Waals surface area (Å²) >= 11 is 0. The number of hydrogen-bond donors (Lipinski definition) is 1. The summed E-state index contributed by atoms with van der Waals surface area (Å²) in [5, 5.41) is 0. The van der Waals surface area contributed by atoms with Gasteiger partial charge in [0.15, 0.2) is 0 Å². The SMILES string of the molecule is CCC#Cc1ccc(-c2ccccc2N)cc1. The molecule has 0 aliphatic carbocycles. The van der Waals surface area contributed by atoms with Gasteiger partial charge in [0.2, 0.25) is 0 Å². The Kier molecular flexibility index (Phi) is 3.47. The maximum atomic E-state index is 5.94. The van der Waals surface area contributed by atoms with Crippen molar-refractivity contribution in [3.05, 3.63) is 54.1 Å². The Morgan fingerprint density at radius 2 is 1.71 bits per heavy atom. The Bertz CT molecular complexity index is 556. The highest BCUT2D eigenvalue weighted by atomic mass is 14.6. The summed E-state index contributed by atoms with van der Waals surface area (Å²) < 4.78 is 0. The number of benzene rings is 2. The summed E-state index contributed by atoms with van der Waals surface area (Å²) in [5.41, 5.74) is 10.00. The third kappa shape index (κ3) is 2.68. The van der Waals surface area contributed by atoms with Crippen molar-refractivity contribution in [1.29, 1.82) is 0 Å². The van der Waals surface area contributed by atoms with Crippen LogP contribution in [0.25, 0.3) is 11.1 Å². The summed E-state index contributed by atoms with van der Waals surface area (Å²) in [7, 11) is 0. The van der Waals surface area contributed by atoms with Crippen molar-refractivity contribution in [3.63, 3.8) is 0 Å². The van der Waals surface area contributed by atoms with Crippen LogP contribution in [0.5, 0.6) is 0 Å². The second kappa shape index (κ2) is 5.23. The monoisotopic (exact) mass is 221 g/mol. The zero-order chi connectivity index (χ0) is 12.1. The standard InChI is InChI=1S/C16H15N/c1-2-3-6-13-9-11-14(12-10-13)15-7-4-5-8-16(15)17/h4-5,7-12H,2,17H2,1H3. The fraction of sp³-hybridized carbons (Fsp3) is 0.125. The summed E-state index contributed by atoms with van der Waals surface area (Å²) in [6, 6.07) is 16.1. The number of nitrogens with two attached hydrogens (primary N) is 1. The van der Waals surface area contributed by atoms with Gasteiger partial charge in [0.05, 0.1) is 0 Å². The van der Waals surface area contributed by atoms with Crippen LogP contribution in [0, 0.1) is 11.8 Å². The maximum absolute atomic E-state index is 5.94. The lowest BCUT2D eigenvalue weighted by Crippen LogP contribution is -1.89. The first-order valence-electron chi connectivity index (χ1n) is 5.75. The van der Waals surface area contributed by atoms with E-state index in [1.807, 2.05) is 43.3 Å². The van der Waals surface area contributed by atoms with Crippen LogP contribution in [0.4, 0.5) is 5.69 Å². The molecule has 2 rings (SSSR count). The molecule has 84 valence electrons. The zero-order valence-electron chi connectivity index (χ0n) is 9.90. The normalized spacial score (nSPS) is 9.47. The predicted octanol–water partition coefficient (Wildman–Crippen LogP) is 3.70. The molecule has 0 aromatic heterocycles. The van der Waals surface area contributed by atoms with Gasteiger partial charge >= 0.3 is 0 Å². The van der Waals surface area contributed by atoms with Gasteiger partial charge in [0, 0.05) is 23.2 Å². The first-order chi connectivity index (χ1) is 8.31. The quantitative estimate of drug-likeness (QED) is 0.576. The lowest BCUT2D eigenvalue weighted by atomic mass is 10.0. The van der Waals surface area contributed by atoms with Gasteiger partial charge in [0.1, 0.15) is 0 Å². The second-order valence-corrected chi connectivity index (χ2v) is 3.82. The fourth-order valence-corrected chi connectivity index (χ4v) is 1.68. The number of anilines is 1. The highest BCUT2D eigenvalue weighted by molar-refractivity contribution is 5.76. The molecule has 17 heavy (non-hydrogen) atoms. The molecule has 2 aromatic rings. The molecule has 0 saturated heterocycles. The lowest BCUT2D eigenvalue weighted by molar-refractivity contribution is 1.28. The maximum Gasteiger partial charge on any atom is 0.0393 e. The molecular formula is C16H15N. The number of para-hydroxylation sites is 1. The van der Waals surface area contributed by atoms with E-state index in [0.29, 0.717) is 0 Å². The van der Waals surface area contributed by atoms with Gasteiger partial charge in [-0.3, -0.25) is 0 Å². The molecule has 2 N–H and O–H groups in total. The van der Waals surface area contributed by atoms with E-state index in [2.05, 4.69) is 24.0 Å². The Hall–Kier alpha value is -2.20. The van der Waals surface area contributed by atoms with Gasteiger partial charge in [-0.2, -0.15) is 0 Å². The molecule has 0 bridgehead atoms. The van der Waals surface area contributed by atoms with Crippen LogP contribution in [0.2, 0.25) is 0 Å². The summed E-state index contributed by atoms with van der Waals surface area (Å²) in [6.07, 6.45) is 0.882. The molecule has 0 spiro atoms. The van der Waals surface area contributed by atoms with Crippen molar-refractivity contribution in [1.82, 2.24) is 0 Å². The summed E-state index contributed by atoms with van der Waals surface area (Å²) in [4.78, 5) is 0. The summed E-state index contributed by atoms with van der Waals surface area (Å²) in [5.74, 6) is 6.17. The van der Waals surface area contributed by atoms with Crippen molar-refractivity contribution < 1.29 is 0 Å². The van der Waals surface area contributed by atoms with Crippen molar-refractivity contribution in [2.24, 2.45) is 0 Å². The molecule has 0 heterocycles. The minimum atomic E-state index is 0.805. The van der Waals surface area contributed by atoms with Gasteiger partial charge in [0.25, 0.3) is 0 Å². The van der Waals surface area contributed by atoms with Gasteiger partial charge in [-0.1, -0.05) is 49.1 Å². The first-order valence-corrected chi connectivity index (χ1v) is 5.75. The van der Waals surface area contributed by atoms with E-state index in [1.54, 1.807) is 0 Å². The Morgan fingerprint density at radius 3 is 2.35 bits per heavy atom. The van der Waals surface area contributed by atoms with E-state index >= 15 is 0 Å². The first kappa shape index (κ1) is 11.3.